The molecule has 2 N–H and O–H groups in total. The maximum atomic E-state index is 11.8. The number of nitrogens with two attached hydrogens (primary N) is 1. The third kappa shape index (κ3) is 3.72. The molecule has 0 fully saturated rings. The van der Waals surface area contributed by atoms with Gasteiger partial charge in [-0.1, -0.05) is 36.7 Å². The van der Waals surface area contributed by atoms with Gasteiger partial charge in [0.1, 0.15) is 0 Å². The van der Waals surface area contributed by atoms with Crippen LogP contribution >= 0.6 is 11.6 Å². The lowest BCUT2D eigenvalue weighted by Gasteiger charge is -2.28. The van der Waals surface area contributed by atoms with Crippen molar-refractivity contribution < 1.29 is 4.79 Å². The minimum absolute atomic E-state index is 0.0365. The lowest BCUT2D eigenvalue weighted by atomic mass is 10.1. The first-order valence-electron chi connectivity index (χ1n) is 5.83. The zero-order chi connectivity index (χ0) is 12.8. The molecule has 1 rings (SSSR count). The average molecular weight is 255 g/mol. The summed E-state index contributed by atoms with van der Waals surface area (Å²) in [6.07, 6.45) is 0.899. The van der Waals surface area contributed by atoms with Gasteiger partial charge in [0, 0.05) is 17.6 Å². The molecule has 3 nitrogen and oxygen atoms in total. The number of rotatable bonds is 5. The Morgan fingerprint density at radius 3 is 2.65 bits per heavy atom. The molecule has 94 valence electrons. The van der Waals surface area contributed by atoms with E-state index in [2.05, 4.69) is 0 Å². The highest BCUT2D eigenvalue weighted by Gasteiger charge is 2.18. The molecule has 0 bridgehead atoms. The lowest BCUT2D eigenvalue weighted by Crippen LogP contribution is -2.41. The van der Waals surface area contributed by atoms with E-state index in [9.17, 15) is 4.79 Å². The molecule has 1 atom stereocenters. The van der Waals surface area contributed by atoms with Crippen molar-refractivity contribution in [2.45, 2.75) is 32.9 Å². The standard InChI is InChI=1S/C13H19ClN2O/c1-3-10(2)16(13(17)8-15)9-11-6-4-5-7-12(11)14/h4-7,10H,3,8-9,15H2,1-2H3. The molecule has 1 aromatic carbocycles. The molecule has 0 saturated heterocycles. The molecular weight excluding hydrogens is 236 g/mol. The van der Waals surface area contributed by atoms with Crippen LogP contribution in [0.2, 0.25) is 5.02 Å². The fourth-order valence-electron chi connectivity index (χ4n) is 1.64. The van der Waals surface area contributed by atoms with E-state index in [1.165, 1.54) is 0 Å². The van der Waals surface area contributed by atoms with Crippen LogP contribution in [0.5, 0.6) is 0 Å². The van der Waals surface area contributed by atoms with Crippen LogP contribution in [0.3, 0.4) is 0 Å². The SMILES string of the molecule is CCC(C)N(Cc1ccccc1Cl)C(=O)CN. The van der Waals surface area contributed by atoms with E-state index in [1.807, 2.05) is 38.1 Å². The zero-order valence-corrected chi connectivity index (χ0v) is 11.1. The van der Waals surface area contributed by atoms with Crippen molar-refractivity contribution in [1.82, 2.24) is 4.90 Å². The van der Waals surface area contributed by atoms with Crippen LogP contribution in [0.25, 0.3) is 0 Å². The minimum atomic E-state index is -0.0423. The van der Waals surface area contributed by atoms with Gasteiger partial charge in [-0.05, 0) is 25.0 Å². The first-order chi connectivity index (χ1) is 8.10. The van der Waals surface area contributed by atoms with Crippen molar-refractivity contribution in [2.24, 2.45) is 5.73 Å². The second kappa shape index (κ2) is 6.62. The Kier molecular flexibility index (Phi) is 5.45. The van der Waals surface area contributed by atoms with Crippen LogP contribution in [-0.4, -0.2) is 23.4 Å². The topological polar surface area (TPSA) is 46.3 Å². The van der Waals surface area contributed by atoms with E-state index < -0.39 is 0 Å². The van der Waals surface area contributed by atoms with Gasteiger partial charge in [-0.3, -0.25) is 4.79 Å². The zero-order valence-electron chi connectivity index (χ0n) is 10.3. The molecule has 0 heterocycles. The molecular formula is C13H19ClN2O. The smallest absolute Gasteiger partial charge is 0.236 e. The van der Waals surface area contributed by atoms with Gasteiger partial charge in [0.15, 0.2) is 0 Å². The summed E-state index contributed by atoms with van der Waals surface area (Å²) in [6.45, 7) is 4.62. The Balaban J connectivity index is 2.87. The fourth-order valence-corrected chi connectivity index (χ4v) is 1.83. The molecule has 1 unspecified atom stereocenters. The first-order valence-corrected chi connectivity index (χ1v) is 6.20. The predicted molar refractivity (Wildman–Crippen MR) is 70.8 cm³/mol. The van der Waals surface area contributed by atoms with E-state index in [0.29, 0.717) is 11.6 Å². The molecule has 0 aliphatic rings. The maximum absolute atomic E-state index is 11.8. The quantitative estimate of drug-likeness (QED) is 0.877. The third-order valence-corrected chi connectivity index (χ3v) is 3.29. The summed E-state index contributed by atoms with van der Waals surface area (Å²) in [4.78, 5) is 13.6. The van der Waals surface area contributed by atoms with Gasteiger partial charge < -0.3 is 10.6 Å². The summed E-state index contributed by atoms with van der Waals surface area (Å²) >= 11 is 6.09. The molecule has 0 aromatic heterocycles. The highest BCUT2D eigenvalue weighted by Crippen LogP contribution is 2.18. The van der Waals surface area contributed by atoms with Crippen LogP contribution in [0.15, 0.2) is 24.3 Å². The van der Waals surface area contributed by atoms with Crippen molar-refractivity contribution in [1.29, 1.82) is 0 Å². The van der Waals surface area contributed by atoms with E-state index in [0.717, 1.165) is 12.0 Å². The number of hydrogen-bond acceptors (Lipinski definition) is 2. The molecule has 0 saturated carbocycles. The van der Waals surface area contributed by atoms with Gasteiger partial charge in [0.05, 0.1) is 6.54 Å². The molecule has 1 amide bonds. The normalized spacial score (nSPS) is 12.2. The van der Waals surface area contributed by atoms with Crippen molar-refractivity contribution in [2.75, 3.05) is 6.54 Å². The number of halogens is 1. The molecule has 0 aliphatic heterocycles. The van der Waals surface area contributed by atoms with Crippen LogP contribution in [-0.2, 0) is 11.3 Å². The Morgan fingerprint density at radius 1 is 1.47 bits per heavy atom. The highest BCUT2D eigenvalue weighted by atomic mass is 35.5. The average Bonchev–Trinajstić information content (AvgIpc) is 2.36. The number of benzene rings is 1. The van der Waals surface area contributed by atoms with Gasteiger partial charge in [-0.15, -0.1) is 0 Å². The molecule has 0 spiro atoms. The number of carbonyl (C=O) groups excluding carboxylic acids is 1. The van der Waals surface area contributed by atoms with Crippen molar-refractivity contribution in [3.05, 3.63) is 34.9 Å². The van der Waals surface area contributed by atoms with Gasteiger partial charge in [-0.2, -0.15) is 0 Å². The fraction of sp³-hybridized carbons (Fsp3) is 0.462. The lowest BCUT2D eigenvalue weighted by molar-refractivity contribution is -0.132. The van der Waals surface area contributed by atoms with Crippen LogP contribution in [0.4, 0.5) is 0 Å². The summed E-state index contributed by atoms with van der Waals surface area (Å²) in [5, 5.41) is 0.686. The highest BCUT2D eigenvalue weighted by molar-refractivity contribution is 6.31. The predicted octanol–water partition coefficient (Wildman–Crippen LogP) is 2.43. The maximum Gasteiger partial charge on any atom is 0.236 e. The Bertz CT molecular complexity index is 381. The van der Waals surface area contributed by atoms with E-state index in [1.54, 1.807) is 4.90 Å². The number of nitrogens with zero attached hydrogens (tertiary/aromatic N) is 1. The molecule has 17 heavy (non-hydrogen) atoms. The van der Waals surface area contributed by atoms with Crippen molar-refractivity contribution >= 4 is 17.5 Å². The van der Waals surface area contributed by atoms with E-state index in [-0.39, 0.29) is 18.5 Å². The summed E-state index contributed by atoms with van der Waals surface area (Å²) in [5.41, 5.74) is 6.39. The largest absolute Gasteiger partial charge is 0.335 e. The molecule has 4 heteroatoms. The number of hydrogen-bond donors (Lipinski definition) is 1. The molecule has 0 aliphatic carbocycles. The summed E-state index contributed by atoms with van der Waals surface area (Å²) < 4.78 is 0. The van der Waals surface area contributed by atoms with Gasteiger partial charge in [0.25, 0.3) is 0 Å². The Morgan fingerprint density at radius 2 is 2.12 bits per heavy atom. The van der Waals surface area contributed by atoms with Gasteiger partial charge >= 0.3 is 0 Å². The molecule has 0 radical (unpaired) electrons. The van der Waals surface area contributed by atoms with Gasteiger partial charge in [0.2, 0.25) is 5.91 Å². The van der Waals surface area contributed by atoms with E-state index in [4.69, 9.17) is 17.3 Å². The van der Waals surface area contributed by atoms with Gasteiger partial charge in [-0.25, -0.2) is 0 Å². The number of carbonyl (C=O) groups is 1. The van der Waals surface area contributed by atoms with Crippen molar-refractivity contribution in [3.8, 4) is 0 Å². The Hall–Kier alpha value is -1.06. The van der Waals surface area contributed by atoms with E-state index >= 15 is 0 Å². The van der Waals surface area contributed by atoms with Crippen LogP contribution < -0.4 is 5.73 Å². The number of amides is 1. The first kappa shape index (κ1) is 14.0. The second-order valence-corrected chi connectivity index (χ2v) is 4.48. The molecule has 1 aromatic rings. The summed E-state index contributed by atoms with van der Waals surface area (Å²) in [5.74, 6) is -0.0423. The minimum Gasteiger partial charge on any atom is -0.335 e. The summed E-state index contributed by atoms with van der Waals surface area (Å²) in [7, 11) is 0. The third-order valence-electron chi connectivity index (χ3n) is 2.92. The monoisotopic (exact) mass is 254 g/mol. The van der Waals surface area contributed by atoms with Crippen LogP contribution in [0, 0.1) is 0 Å². The van der Waals surface area contributed by atoms with Crippen molar-refractivity contribution in [3.63, 3.8) is 0 Å². The van der Waals surface area contributed by atoms with Crippen LogP contribution in [0.1, 0.15) is 25.8 Å². The Labute approximate surface area is 108 Å². The second-order valence-electron chi connectivity index (χ2n) is 4.07. The summed E-state index contributed by atoms with van der Waals surface area (Å²) in [6, 6.07) is 7.73.